The Kier molecular flexibility index (Phi) is 4.13. The van der Waals surface area contributed by atoms with Gasteiger partial charge in [-0.3, -0.25) is 4.79 Å². The number of amides is 1. The van der Waals surface area contributed by atoms with Crippen molar-refractivity contribution in [1.29, 1.82) is 0 Å². The van der Waals surface area contributed by atoms with Gasteiger partial charge in [0.05, 0.1) is 5.69 Å². The van der Waals surface area contributed by atoms with Gasteiger partial charge in [0.25, 0.3) is 5.91 Å². The summed E-state index contributed by atoms with van der Waals surface area (Å²) in [5.74, 6) is 5.42. The summed E-state index contributed by atoms with van der Waals surface area (Å²) < 4.78 is 0.858. The van der Waals surface area contributed by atoms with E-state index < -0.39 is 0 Å². The molecule has 19 heavy (non-hydrogen) atoms. The molecule has 5 nitrogen and oxygen atoms in total. The number of nitrogens with zero attached hydrogens (tertiary/aromatic N) is 1. The SMILES string of the molecule is Cc1cccc(NC(=O)c2cccc(NN)n2)c1Br. The van der Waals surface area contributed by atoms with Gasteiger partial charge in [0, 0.05) is 4.47 Å². The number of nitrogens with two attached hydrogens (primary N) is 1. The predicted octanol–water partition coefficient (Wildman–Crippen LogP) is 2.69. The Morgan fingerprint density at radius 3 is 2.74 bits per heavy atom. The number of hydrogen-bond donors (Lipinski definition) is 3. The smallest absolute Gasteiger partial charge is 0.274 e. The maximum Gasteiger partial charge on any atom is 0.274 e. The van der Waals surface area contributed by atoms with E-state index in [0.29, 0.717) is 17.2 Å². The Morgan fingerprint density at radius 2 is 2.00 bits per heavy atom. The second-order valence-corrected chi connectivity index (χ2v) is 4.74. The van der Waals surface area contributed by atoms with Gasteiger partial charge in [0.1, 0.15) is 11.5 Å². The van der Waals surface area contributed by atoms with Crippen molar-refractivity contribution in [2.45, 2.75) is 6.92 Å². The molecule has 1 heterocycles. The van der Waals surface area contributed by atoms with Gasteiger partial charge in [-0.25, -0.2) is 10.8 Å². The molecular weight excluding hydrogens is 308 g/mol. The summed E-state index contributed by atoms with van der Waals surface area (Å²) in [7, 11) is 0. The molecule has 1 aromatic heterocycles. The van der Waals surface area contributed by atoms with Crippen LogP contribution in [0.2, 0.25) is 0 Å². The van der Waals surface area contributed by atoms with E-state index in [0.717, 1.165) is 10.0 Å². The lowest BCUT2D eigenvalue weighted by Crippen LogP contribution is -2.16. The van der Waals surface area contributed by atoms with Gasteiger partial charge in [-0.15, -0.1) is 0 Å². The summed E-state index contributed by atoms with van der Waals surface area (Å²) in [4.78, 5) is 16.2. The Labute approximate surface area is 119 Å². The zero-order valence-electron chi connectivity index (χ0n) is 10.3. The van der Waals surface area contributed by atoms with Crippen LogP contribution >= 0.6 is 15.9 Å². The normalized spacial score (nSPS) is 10.1. The van der Waals surface area contributed by atoms with Crippen molar-refractivity contribution in [2.75, 3.05) is 10.7 Å². The van der Waals surface area contributed by atoms with Gasteiger partial charge in [0.2, 0.25) is 0 Å². The van der Waals surface area contributed by atoms with Gasteiger partial charge >= 0.3 is 0 Å². The molecular formula is C13H13BrN4O. The molecule has 0 spiro atoms. The summed E-state index contributed by atoms with van der Waals surface area (Å²) >= 11 is 3.44. The van der Waals surface area contributed by atoms with Gasteiger partial charge in [-0.05, 0) is 46.6 Å². The molecule has 0 unspecified atom stereocenters. The maximum atomic E-state index is 12.1. The first-order chi connectivity index (χ1) is 9.11. The van der Waals surface area contributed by atoms with E-state index in [4.69, 9.17) is 5.84 Å². The minimum Gasteiger partial charge on any atom is -0.320 e. The van der Waals surface area contributed by atoms with E-state index in [1.807, 2.05) is 25.1 Å². The van der Waals surface area contributed by atoms with Crippen LogP contribution < -0.4 is 16.6 Å². The highest BCUT2D eigenvalue weighted by Gasteiger charge is 2.10. The van der Waals surface area contributed by atoms with E-state index in [-0.39, 0.29) is 5.91 Å². The van der Waals surface area contributed by atoms with Crippen molar-refractivity contribution in [3.8, 4) is 0 Å². The summed E-state index contributed by atoms with van der Waals surface area (Å²) in [6, 6.07) is 10.7. The van der Waals surface area contributed by atoms with Crippen molar-refractivity contribution < 1.29 is 4.79 Å². The molecule has 0 bridgehead atoms. The molecule has 0 saturated heterocycles. The number of aromatic nitrogens is 1. The van der Waals surface area contributed by atoms with Gasteiger partial charge in [-0.2, -0.15) is 0 Å². The Balaban J connectivity index is 2.23. The molecule has 2 aromatic rings. The number of halogens is 1. The van der Waals surface area contributed by atoms with E-state index in [2.05, 4.69) is 31.7 Å². The van der Waals surface area contributed by atoms with E-state index >= 15 is 0 Å². The first-order valence-corrected chi connectivity index (χ1v) is 6.41. The third-order valence-corrected chi connectivity index (χ3v) is 3.62. The first kappa shape index (κ1) is 13.5. The molecule has 1 aromatic carbocycles. The highest BCUT2D eigenvalue weighted by molar-refractivity contribution is 9.10. The fraction of sp³-hybridized carbons (Fsp3) is 0.0769. The molecule has 1 amide bonds. The number of benzene rings is 1. The molecule has 0 radical (unpaired) electrons. The molecule has 0 fully saturated rings. The summed E-state index contributed by atoms with van der Waals surface area (Å²) in [6.07, 6.45) is 0. The van der Waals surface area contributed by atoms with Crippen LogP contribution in [0.25, 0.3) is 0 Å². The van der Waals surface area contributed by atoms with Crippen LogP contribution in [-0.4, -0.2) is 10.9 Å². The zero-order chi connectivity index (χ0) is 13.8. The Morgan fingerprint density at radius 1 is 1.26 bits per heavy atom. The lowest BCUT2D eigenvalue weighted by Gasteiger charge is -2.09. The van der Waals surface area contributed by atoms with Crippen molar-refractivity contribution in [3.63, 3.8) is 0 Å². The third-order valence-electron chi connectivity index (χ3n) is 2.57. The number of nitrogens with one attached hydrogen (secondary N) is 2. The molecule has 4 N–H and O–H groups in total. The monoisotopic (exact) mass is 320 g/mol. The Bertz CT molecular complexity index is 615. The van der Waals surface area contributed by atoms with Crippen LogP contribution in [0.1, 0.15) is 16.1 Å². The molecule has 0 saturated carbocycles. The lowest BCUT2D eigenvalue weighted by molar-refractivity contribution is 0.102. The minimum atomic E-state index is -0.289. The number of aryl methyl sites for hydroxylation is 1. The topological polar surface area (TPSA) is 80.0 Å². The molecule has 2 rings (SSSR count). The number of anilines is 2. The minimum absolute atomic E-state index is 0.289. The number of hydrogen-bond acceptors (Lipinski definition) is 4. The summed E-state index contributed by atoms with van der Waals surface area (Å²) in [6.45, 7) is 1.96. The largest absolute Gasteiger partial charge is 0.320 e. The van der Waals surface area contributed by atoms with Crippen LogP contribution in [0.5, 0.6) is 0 Å². The molecule has 0 atom stereocenters. The molecule has 0 aliphatic rings. The third kappa shape index (κ3) is 3.10. The zero-order valence-corrected chi connectivity index (χ0v) is 11.9. The second kappa shape index (κ2) is 5.81. The van der Waals surface area contributed by atoms with E-state index in [1.165, 1.54) is 0 Å². The number of carbonyl (C=O) groups is 1. The van der Waals surface area contributed by atoms with Gasteiger partial charge < -0.3 is 10.7 Å². The highest BCUT2D eigenvalue weighted by Crippen LogP contribution is 2.26. The van der Waals surface area contributed by atoms with Gasteiger partial charge in [-0.1, -0.05) is 18.2 Å². The first-order valence-electron chi connectivity index (χ1n) is 5.62. The molecule has 98 valence electrons. The van der Waals surface area contributed by atoms with Gasteiger partial charge in [0.15, 0.2) is 0 Å². The summed E-state index contributed by atoms with van der Waals surface area (Å²) in [5, 5.41) is 2.80. The number of hydrazine groups is 1. The molecule has 0 aliphatic carbocycles. The second-order valence-electron chi connectivity index (χ2n) is 3.94. The molecule has 0 aliphatic heterocycles. The van der Waals surface area contributed by atoms with Crippen molar-refractivity contribution in [3.05, 3.63) is 52.1 Å². The van der Waals surface area contributed by atoms with Crippen LogP contribution in [0.4, 0.5) is 11.5 Å². The Hall–Kier alpha value is -1.92. The quantitative estimate of drug-likeness (QED) is 0.600. The summed E-state index contributed by atoms with van der Waals surface area (Å²) in [5.41, 5.74) is 4.45. The average Bonchev–Trinajstić information content (AvgIpc) is 2.44. The van der Waals surface area contributed by atoms with Crippen LogP contribution in [0, 0.1) is 6.92 Å². The maximum absolute atomic E-state index is 12.1. The number of pyridine rings is 1. The fourth-order valence-electron chi connectivity index (χ4n) is 1.57. The lowest BCUT2D eigenvalue weighted by atomic mass is 10.2. The number of nitrogen functional groups attached to an aromatic ring is 1. The predicted molar refractivity (Wildman–Crippen MR) is 78.9 cm³/mol. The standard InChI is InChI=1S/C13H13BrN4O/c1-8-4-2-5-9(12(8)14)17-13(19)10-6-3-7-11(16-10)18-15/h2-7H,15H2,1H3,(H,16,18)(H,17,19). The molecule has 6 heteroatoms. The van der Waals surface area contributed by atoms with Crippen LogP contribution in [0.15, 0.2) is 40.9 Å². The van der Waals surface area contributed by atoms with Crippen molar-refractivity contribution in [1.82, 2.24) is 4.98 Å². The van der Waals surface area contributed by atoms with Crippen LogP contribution in [-0.2, 0) is 0 Å². The van der Waals surface area contributed by atoms with E-state index in [9.17, 15) is 4.79 Å². The van der Waals surface area contributed by atoms with Crippen molar-refractivity contribution in [2.24, 2.45) is 5.84 Å². The fourth-order valence-corrected chi connectivity index (χ4v) is 1.94. The van der Waals surface area contributed by atoms with Crippen LogP contribution in [0.3, 0.4) is 0 Å². The van der Waals surface area contributed by atoms with E-state index in [1.54, 1.807) is 18.2 Å². The van der Waals surface area contributed by atoms with Crippen molar-refractivity contribution >= 4 is 33.3 Å². The number of rotatable bonds is 3. The number of carbonyl (C=O) groups excluding carboxylic acids is 1. The average molecular weight is 321 g/mol. The highest BCUT2D eigenvalue weighted by atomic mass is 79.9.